The summed E-state index contributed by atoms with van der Waals surface area (Å²) in [6.45, 7) is 0.687. The number of carbonyl (C=O) groups excluding carboxylic acids is 1. The summed E-state index contributed by atoms with van der Waals surface area (Å²) < 4.78 is 5.33. The van der Waals surface area contributed by atoms with Crippen molar-refractivity contribution in [3.8, 4) is 5.75 Å². The van der Waals surface area contributed by atoms with Crippen LogP contribution in [-0.4, -0.2) is 12.9 Å². The van der Waals surface area contributed by atoms with E-state index in [0.717, 1.165) is 46.8 Å². The number of fused-ring (bicyclic) bond motifs is 1. The molecule has 0 aromatic heterocycles. The van der Waals surface area contributed by atoms with Crippen molar-refractivity contribution in [2.24, 2.45) is 0 Å². The van der Waals surface area contributed by atoms with Gasteiger partial charge in [-0.25, -0.2) is 0 Å². The van der Waals surface area contributed by atoms with E-state index in [1.165, 1.54) is 5.56 Å². The maximum Gasteiger partial charge on any atom is 0.163 e. The van der Waals surface area contributed by atoms with Gasteiger partial charge in [-0.15, -0.1) is 0 Å². The Bertz CT molecular complexity index is 1120. The molecule has 0 saturated carbocycles. The van der Waals surface area contributed by atoms with Gasteiger partial charge in [0.2, 0.25) is 0 Å². The van der Waals surface area contributed by atoms with Crippen LogP contribution in [0.3, 0.4) is 0 Å². The molecule has 4 heteroatoms. The number of ketones is 1. The predicted octanol–water partition coefficient (Wildman–Crippen LogP) is 5.88. The van der Waals surface area contributed by atoms with Crippen LogP contribution >= 0.6 is 0 Å². The minimum absolute atomic E-state index is 0.137. The van der Waals surface area contributed by atoms with Gasteiger partial charge in [0.25, 0.3) is 0 Å². The number of Topliss-reactive ketones (excluding diaryl/α,β-unsaturated/α-hetero) is 1. The van der Waals surface area contributed by atoms with Gasteiger partial charge in [-0.05, 0) is 48.2 Å². The predicted molar refractivity (Wildman–Crippen MR) is 124 cm³/mol. The summed E-state index contributed by atoms with van der Waals surface area (Å²) in [4.78, 5) is 15.6. The smallest absolute Gasteiger partial charge is 0.163 e. The van der Waals surface area contributed by atoms with Crippen molar-refractivity contribution in [3.05, 3.63) is 101 Å². The number of rotatable bonds is 4. The lowest BCUT2D eigenvalue weighted by Crippen LogP contribution is -2.32. The lowest BCUT2D eigenvalue weighted by atomic mass is 9.85. The van der Waals surface area contributed by atoms with Crippen molar-refractivity contribution in [2.45, 2.75) is 31.8 Å². The van der Waals surface area contributed by atoms with Crippen molar-refractivity contribution < 1.29 is 9.53 Å². The second kappa shape index (κ2) is 8.31. The maximum absolute atomic E-state index is 13.3. The topological polar surface area (TPSA) is 41.6 Å². The molecule has 0 spiro atoms. The molecular formula is C27H26N2O2. The van der Waals surface area contributed by atoms with Crippen LogP contribution in [0.15, 0.2) is 90.1 Å². The van der Waals surface area contributed by atoms with Gasteiger partial charge in [0.05, 0.1) is 24.5 Å². The summed E-state index contributed by atoms with van der Waals surface area (Å²) in [5, 5.41) is 3.62. The first kappa shape index (κ1) is 19.4. The Morgan fingerprint density at radius 3 is 2.45 bits per heavy atom. The third kappa shape index (κ3) is 3.70. The van der Waals surface area contributed by atoms with Gasteiger partial charge in [-0.3, -0.25) is 4.79 Å². The first-order valence-corrected chi connectivity index (χ1v) is 10.8. The number of hydrogen-bond donors (Lipinski definition) is 1. The van der Waals surface area contributed by atoms with E-state index in [9.17, 15) is 4.79 Å². The highest BCUT2D eigenvalue weighted by Gasteiger charge is 2.36. The fourth-order valence-electron chi connectivity index (χ4n) is 4.68. The molecule has 4 nitrogen and oxygen atoms in total. The van der Waals surface area contributed by atoms with E-state index in [4.69, 9.17) is 4.74 Å². The minimum atomic E-state index is -0.137. The van der Waals surface area contributed by atoms with Crippen LogP contribution in [-0.2, 0) is 11.3 Å². The molecule has 1 aliphatic carbocycles. The normalized spacial score (nSPS) is 18.0. The van der Waals surface area contributed by atoms with E-state index in [-0.39, 0.29) is 11.8 Å². The zero-order chi connectivity index (χ0) is 21.2. The van der Waals surface area contributed by atoms with Crippen LogP contribution in [0.5, 0.6) is 5.75 Å². The molecule has 0 fully saturated rings. The van der Waals surface area contributed by atoms with Gasteiger partial charge in [-0.2, -0.15) is 0 Å². The molecule has 3 aromatic carbocycles. The van der Waals surface area contributed by atoms with E-state index in [2.05, 4.69) is 64.8 Å². The van der Waals surface area contributed by atoms with E-state index in [1.54, 1.807) is 7.11 Å². The van der Waals surface area contributed by atoms with Crippen LogP contribution < -0.4 is 15.0 Å². The average Bonchev–Trinajstić information content (AvgIpc) is 2.95. The maximum atomic E-state index is 13.3. The number of ether oxygens (including phenoxy) is 1. The van der Waals surface area contributed by atoms with Crippen LogP contribution in [0.25, 0.3) is 0 Å². The summed E-state index contributed by atoms with van der Waals surface area (Å²) in [7, 11) is 1.68. The Balaban J connectivity index is 1.68. The number of anilines is 2. The van der Waals surface area contributed by atoms with Crippen molar-refractivity contribution in [3.63, 3.8) is 0 Å². The zero-order valence-electron chi connectivity index (χ0n) is 17.7. The number of benzene rings is 3. The molecular weight excluding hydrogens is 384 g/mol. The monoisotopic (exact) mass is 410 g/mol. The van der Waals surface area contributed by atoms with E-state index < -0.39 is 0 Å². The molecule has 31 heavy (non-hydrogen) atoms. The van der Waals surface area contributed by atoms with Gasteiger partial charge in [0.1, 0.15) is 5.75 Å². The molecule has 2 aliphatic rings. The summed E-state index contributed by atoms with van der Waals surface area (Å²) in [6, 6.07) is 26.8. The molecule has 156 valence electrons. The fourth-order valence-corrected chi connectivity index (χ4v) is 4.68. The van der Waals surface area contributed by atoms with E-state index >= 15 is 0 Å². The number of carbonyl (C=O) groups is 1. The van der Waals surface area contributed by atoms with Crippen LogP contribution in [0, 0.1) is 0 Å². The summed E-state index contributed by atoms with van der Waals surface area (Å²) >= 11 is 0. The third-order valence-electron chi connectivity index (χ3n) is 6.17. The van der Waals surface area contributed by atoms with Crippen LogP contribution in [0.2, 0.25) is 0 Å². The van der Waals surface area contributed by atoms with Gasteiger partial charge < -0.3 is 15.0 Å². The quantitative estimate of drug-likeness (QED) is 0.584. The van der Waals surface area contributed by atoms with Crippen molar-refractivity contribution in [2.75, 3.05) is 17.3 Å². The molecule has 1 N–H and O–H groups in total. The highest BCUT2D eigenvalue weighted by atomic mass is 16.5. The summed E-state index contributed by atoms with van der Waals surface area (Å²) in [5.41, 5.74) is 6.43. The molecule has 3 aromatic rings. The molecule has 5 rings (SSSR count). The summed E-state index contributed by atoms with van der Waals surface area (Å²) in [6.07, 6.45) is 2.40. The second-order valence-corrected chi connectivity index (χ2v) is 8.10. The standard InChI is InChI=1S/C27H26N2O2/c1-31-21-16-14-19(15-17-21)18-29-24-12-6-5-10-22(24)28-23-11-7-13-25(30)26(23)27(29)20-8-3-2-4-9-20/h2-6,8-10,12,14-17,27-28H,7,11,13,18H2,1H3/t27-/m1/s1. The minimum Gasteiger partial charge on any atom is -0.497 e. The molecule has 1 atom stereocenters. The number of hydrogen-bond acceptors (Lipinski definition) is 4. The fraction of sp³-hybridized carbons (Fsp3) is 0.222. The third-order valence-corrected chi connectivity index (χ3v) is 6.17. The van der Waals surface area contributed by atoms with Gasteiger partial charge in [-0.1, -0.05) is 54.6 Å². The van der Waals surface area contributed by atoms with Crippen LogP contribution in [0.1, 0.15) is 36.4 Å². The number of nitrogens with one attached hydrogen (secondary N) is 1. The van der Waals surface area contributed by atoms with Crippen molar-refractivity contribution >= 4 is 17.2 Å². The lowest BCUT2D eigenvalue weighted by Gasteiger charge is -2.35. The highest BCUT2D eigenvalue weighted by Crippen LogP contribution is 2.45. The Labute approximate surface area is 183 Å². The Hall–Kier alpha value is -3.53. The molecule has 1 heterocycles. The molecule has 0 unspecified atom stereocenters. The van der Waals surface area contributed by atoms with E-state index in [1.807, 2.05) is 24.3 Å². The van der Waals surface area contributed by atoms with Crippen molar-refractivity contribution in [1.82, 2.24) is 0 Å². The molecule has 0 saturated heterocycles. The van der Waals surface area contributed by atoms with E-state index in [0.29, 0.717) is 13.0 Å². The number of para-hydroxylation sites is 2. The molecule has 0 radical (unpaired) electrons. The van der Waals surface area contributed by atoms with Crippen molar-refractivity contribution in [1.29, 1.82) is 0 Å². The van der Waals surface area contributed by atoms with Gasteiger partial charge in [0.15, 0.2) is 5.78 Å². The first-order valence-electron chi connectivity index (χ1n) is 10.8. The highest BCUT2D eigenvalue weighted by molar-refractivity contribution is 6.00. The average molecular weight is 411 g/mol. The van der Waals surface area contributed by atoms with Crippen LogP contribution in [0.4, 0.5) is 11.4 Å². The lowest BCUT2D eigenvalue weighted by molar-refractivity contribution is -0.116. The summed E-state index contributed by atoms with van der Waals surface area (Å²) in [5.74, 6) is 1.09. The zero-order valence-corrected chi connectivity index (χ0v) is 17.7. The molecule has 0 bridgehead atoms. The van der Waals surface area contributed by atoms with Gasteiger partial charge in [0, 0.05) is 24.2 Å². The Kier molecular flexibility index (Phi) is 5.21. The number of nitrogens with zero attached hydrogens (tertiary/aromatic N) is 1. The molecule has 1 aliphatic heterocycles. The van der Waals surface area contributed by atoms with Gasteiger partial charge >= 0.3 is 0 Å². The Morgan fingerprint density at radius 1 is 0.935 bits per heavy atom. The number of allylic oxidation sites excluding steroid dienone is 1. The largest absolute Gasteiger partial charge is 0.497 e. The molecule has 0 amide bonds. The SMILES string of the molecule is COc1ccc(CN2c3ccccc3NC3=C(C(=O)CCC3)[C@H]2c2ccccc2)cc1. The Morgan fingerprint density at radius 2 is 1.68 bits per heavy atom. The number of methoxy groups -OCH3 is 1. The first-order chi connectivity index (χ1) is 15.2. The second-order valence-electron chi connectivity index (χ2n) is 8.10.